The quantitative estimate of drug-likeness (QED) is 0.235. The Morgan fingerprint density at radius 3 is 2.17 bits per heavy atom. The van der Waals surface area contributed by atoms with Gasteiger partial charge in [-0.3, -0.25) is 14.3 Å². The van der Waals surface area contributed by atoms with Crippen LogP contribution in [0.25, 0.3) is 5.69 Å². The number of rotatable bonds is 10. The van der Waals surface area contributed by atoms with E-state index in [-0.39, 0.29) is 10.6 Å². The minimum atomic E-state index is -4.30. The Bertz CT molecular complexity index is 1680. The number of hydrazone groups is 1. The van der Waals surface area contributed by atoms with Crippen molar-refractivity contribution in [3.8, 4) is 11.4 Å². The highest BCUT2D eigenvalue weighted by Gasteiger charge is 2.33. The third kappa shape index (κ3) is 5.84. The van der Waals surface area contributed by atoms with E-state index in [0.717, 1.165) is 9.87 Å². The second kappa shape index (κ2) is 12.0. The number of amides is 1. The number of nitrogens with zero attached hydrogens (tertiary/aromatic N) is 4. The van der Waals surface area contributed by atoms with E-state index in [9.17, 15) is 18.0 Å². The zero-order chi connectivity index (χ0) is 28.9. The zero-order valence-electron chi connectivity index (χ0n) is 22.7. The van der Waals surface area contributed by atoms with Gasteiger partial charge in [0.1, 0.15) is 18.0 Å². The summed E-state index contributed by atoms with van der Waals surface area (Å²) in [5.74, 6) is 0.00272. The van der Waals surface area contributed by atoms with E-state index >= 15 is 0 Å². The molecule has 0 saturated heterocycles. The van der Waals surface area contributed by atoms with Crippen molar-refractivity contribution in [1.82, 2.24) is 14.8 Å². The number of hydrogen-bond donors (Lipinski definition) is 1. The van der Waals surface area contributed by atoms with Crippen molar-refractivity contribution in [3.63, 3.8) is 0 Å². The van der Waals surface area contributed by atoms with Crippen LogP contribution in [0.15, 0.2) is 99.7 Å². The Morgan fingerprint density at radius 1 is 0.975 bits per heavy atom. The minimum absolute atomic E-state index is 0.0502. The summed E-state index contributed by atoms with van der Waals surface area (Å²) < 4.78 is 36.9. The van der Waals surface area contributed by atoms with Crippen molar-refractivity contribution in [2.24, 2.45) is 12.1 Å². The fourth-order valence-corrected chi connectivity index (χ4v) is 5.67. The fourth-order valence-electron chi connectivity index (χ4n) is 4.18. The zero-order valence-corrected chi connectivity index (χ0v) is 23.6. The molecule has 1 aromatic heterocycles. The molecule has 3 aromatic carbocycles. The number of anilines is 1. The predicted octanol–water partition coefficient (Wildman–Crippen LogP) is 3.62. The predicted molar refractivity (Wildman–Crippen MR) is 155 cm³/mol. The molecule has 0 spiro atoms. The molecule has 10 nitrogen and oxygen atoms in total. The van der Waals surface area contributed by atoms with Gasteiger partial charge in [-0.25, -0.2) is 22.8 Å². The molecule has 0 saturated carbocycles. The van der Waals surface area contributed by atoms with Crippen molar-refractivity contribution in [1.29, 1.82) is 0 Å². The van der Waals surface area contributed by atoms with E-state index < -0.39 is 28.0 Å². The van der Waals surface area contributed by atoms with Crippen LogP contribution in [-0.4, -0.2) is 42.6 Å². The van der Waals surface area contributed by atoms with E-state index in [1.165, 1.54) is 16.8 Å². The topological polar surface area (TPSA) is 115 Å². The number of aromatic nitrogens is 2. The average molecular weight is 562 g/mol. The maximum atomic E-state index is 13.8. The number of sulfonamides is 1. The van der Waals surface area contributed by atoms with Crippen LogP contribution in [0.1, 0.15) is 25.1 Å². The smallest absolute Gasteiger partial charge is 0.296 e. The van der Waals surface area contributed by atoms with Crippen LogP contribution in [0.4, 0.5) is 5.69 Å². The molecule has 11 heteroatoms. The van der Waals surface area contributed by atoms with E-state index in [1.54, 1.807) is 80.2 Å². The molecule has 0 unspecified atom stereocenters. The lowest BCUT2D eigenvalue weighted by Crippen LogP contribution is -2.42. The molecular weight excluding hydrogens is 530 g/mol. The van der Waals surface area contributed by atoms with E-state index in [1.807, 2.05) is 25.1 Å². The first-order chi connectivity index (χ1) is 19.1. The summed E-state index contributed by atoms with van der Waals surface area (Å²) in [6.45, 7) is 5.13. The van der Waals surface area contributed by atoms with Gasteiger partial charge in [0.25, 0.3) is 21.5 Å². The number of benzene rings is 3. The van der Waals surface area contributed by atoms with Gasteiger partial charge in [-0.2, -0.15) is 5.10 Å². The lowest BCUT2D eigenvalue weighted by atomic mass is 10.1. The normalized spacial score (nSPS) is 11.8. The molecule has 1 heterocycles. The molecule has 0 aliphatic rings. The van der Waals surface area contributed by atoms with Crippen molar-refractivity contribution in [2.75, 3.05) is 17.5 Å². The van der Waals surface area contributed by atoms with Gasteiger partial charge in [-0.05, 0) is 74.9 Å². The maximum Gasteiger partial charge on any atom is 0.296 e. The minimum Gasteiger partial charge on any atom is -0.494 e. The summed E-state index contributed by atoms with van der Waals surface area (Å²) in [7, 11) is -2.64. The Balaban J connectivity index is 1.70. The summed E-state index contributed by atoms with van der Waals surface area (Å²) in [6, 6.07) is 23.7. The van der Waals surface area contributed by atoms with Crippen molar-refractivity contribution >= 4 is 27.3 Å². The van der Waals surface area contributed by atoms with Gasteiger partial charge in [0.15, 0.2) is 0 Å². The second-order valence-corrected chi connectivity index (χ2v) is 10.8. The number of ether oxygens (including phenoxy) is 1. The van der Waals surface area contributed by atoms with Crippen LogP contribution in [0.5, 0.6) is 5.75 Å². The summed E-state index contributed by atoms with van der Waals surface area (Å²) >= 11 is 0. The Kier molecular flexibility index (Phi) is 8.54. The summed E-state index contributed by atoms with van der Waals surface area (Å²) in [5, 5.41) is 4.15. The number of para-hydroxylation sites is 1. The van der Waals surface area contributed by atoms with E-state index in [0.29, 0.717) is 29.4 Å². The number of carbonyl (C=O) groups excluding carboxylic acids is 1. The Labute approximate surface area is 233 Å². The van der Waals surface area contributed by atoms with E-state index in [2.05, 4.69) is 10.5 Å². The summed E-state index contributed by atoms with van der Waals surface area (Å²) in [5.41, 5.74) is 3.92. The number of hydrogen-bond acceptors (Lipinski definition) is 6. The Morgan fingerprint density at radius 2 is 1.57 bits per heavy atom. The highest BCUT2D eigenvalue weighted by molar-refractivity contribution is 7.92. The third-order valence-electron chi connectivity index (χ3n) is 6.32. The molecule has 0 aliphatic heterocycles. The molecular formula is C29H31N5O5S. The lowest BCUT2D eigenvalue weighted by Gasteiger charge is -2.22. The molecule has 1 N–H and O–H groups in total. The molecule has 0 aliphatic carbocycles. The van der Waals surface area contributed by atoms with Crippen LogP contribution < -0.4 is 20.0 Å². The molecule has 40 heavy (non-hydrogen) atoms. The first kappa shape index (κ1) is 28.4. The monoisotopic (exact) mass is 561 g/mol. The summed E-state index contributed by atoms with van der Waals surface area (Å²) in [6.07, 6.45) is 0. The van der Waals surface area contributed by atoms with Gasteiger partial charge in [0.2, 0.25) is 0 Å². The third-order valence-corrected chi connectivity index (χ3v) is 8.08. The largest absolute Gasteiger partial charge is 0.494 e. The van der Waals surface area contributed by atoms with Gasteiger partial charge >= 0.3 is 0 Å². The van der Waals surface area contributed by atoms with Gasteiger partial charge in [-0.15, -0.1) is 0 Å². The van der Waals surface area contributed by atoms with Gasteiger partial charge < -0.3 is 4.74 Å². The van der Waals surface area contributed by atoms with Crippen LogP contribution in [0, 0.1) is 6.92 Å². The summed E-state index contributed by atoms with van der Waals surface area (Å²) in [4.78, 5) is 26.8. The second-order valence-electron chi connectivity index (χ2n) is 8.92. The van der Waals surface area contributed by atoms with Crippen molar-refractivity contribution in [2.45, 2.75) is 25.7 Å². The van der Waals surface area contributed by atoms with Crippen LogP contribution in [0.3, 0.4) is 0 Å². The van der Waals surface area contributed by atoms with Crippen LogP contribution in [-0.2, 0) is 21.9 Å². The molecule has 1 amide bonds. The standard InChI is InChI=1S/C29H31N5O5S/c1-5-39-25-18-16-23(17-19-25)21(2)30-31-27(35)20-33(40(37,38)26-14-10-7-11-15-26)28-22(3)32(4)34(29(28)36)24-12-8-6-9-13-24/h6-19H,5,20H2,1-4H3,(H,31,35)/b30-21-. The van der Waals surface area contributed by atoms with Gasteiger partial charge in [0.05, 0.1) is 28.6 Å². The molecule has 4 aromatic rings. The SMILES string of the molecule is CCOc1ccc(/C(C)=N\NC(=O)CN(c2c(C)n(C)n(-c3ccccc3)c2=O)S(=O)(=O)c2ccccc2)cc1. The highest BCUT2D eigenvalue weighted by atomic mass is 32.2. The van der Waals surface area contributed by atoms with Crippen LogP contribution in [0.2, 0.25) is 0 Å². The maximum absolute atomic E-state index is 13.8. The van der Waals surface area contributed by atoms with Crippen molar-refractivity contribution in [3.05, 3.63) is 107 Å². The van der Waals surface area contributed by atoms with Gasteiger partial charge in [-0.1, -0.05) is 36.4 Å². The fraction of sp³-hybridized carbons (Fsp3) is 0.207. The number of nitrogens with one attached hydrogen (secondary N) is 1. The van der Waals surface area contributed by atoms with E-state index in [4.69, 9.17) is 4.74 Å². The Hall–Kier alpha value is -4.64. The van der Waals surface area contributed by atoms with Crippen LogP contribution >= 0.6 is 0 Å². The molecule has 0 bridgehead atoms. The molecule has 0 radical (unpaired) electrons. The first-order valence-electron chi connectivity index (χ1n) is 12.6. The lowest BCUT2D eigenvalue weighted by molar-refractivity contribution is -0.119. The average Bonchev–Trinajstić information content (AvgIpc) is 3.18. The molecule has 208 valence electrons. The number of carbonyl (C=O) groups is 1. The highest BCUT2D eigenvalue weighted by Crippen LogP contribution is 2.25. The molecule has 0 fully saturated rings. The van der Waals surface area contributed by atoms with Crippen molar-refractivity contribution < 1.29 is 17.9 Å². The molecule has 4 rings (SSSR count). The molecule has 0 atom stereocenters. The van der Waals surface area contributed by atoms with Gasteiger partial charge in [0, 0.05) is 7.05 Å². The first-order valence-corrected chi connectivity index (χ1v) is 14.1.